The van der Waals surface area contributed by atoms with Crippen LogP contribution in [-0.2, 0) is 23.7 Å². The average Bonchev–Trinajstić information content (AvgIpc) is 3.99. The van der Waals surface area contributed by atoms with E-state index < -0.39 is 0 Å². The van der Waals surface area contributed by atoms with Gasteiger partial charge in [0.15, 0.2) is 0 Å². The first kappa shape index (κ1) is 37.3. The predicted octanol–water partition coefficient (Wildman–Crippen LogP) is 16.4. The van der Waals surface area contributed by atoms with Crippen molar-refractivity contribution in [3.8, 4) is 44.5 Å². The van der Waals surface area contributed by atoms with E-state index in [4.69, 9.17) is 0 Å². The van der Waals surface area contributed by atoms with Gasteiger partial charge in [-0.3, -0.25) is 0 Å². The fraction of sp³-hybridized carbons (Fsp3) is 0.200. The summed E-state index contributed by atoms with van der Waals surface area (Å²) in [7, 11) is 0. The highest BCUT2D eigenvalue weighted by molar-refractivity contribution is 5.92. The number of fused-ring (bicyclic) bond motifs is 10. The quantitative estimate of drug-likeness (QED) is 0.167. The molecule has 4 bridgehead atoms. The Hall–Kier alpha value is -6.96. The molecular weight excluding hydrogens is 795 g/mol. The molecule has 1 nitrogen and oxygen atoms in total. The second-order valence-corrected chi connectivity index (χ2v) is 21.0. The number of rotatable bonds is 5. The second kappa shape index (κ2) is 13.8. The third-order valence-corrected chi connectivity index (χ3v) is 17.8. The van der Waals surface area contributed by atoms with Gasteiger partial charge in [-0.15, -0.1) is 0 Å². The summed E-state index contributed by atoms with van der Waals surface area (Å²) in [5, 5.41) is 2.55. The monoisotopic (exact) mass is 845 g/mol. The van der Waals surface area contributed by atoms with Crippen LogP contribution >= 0.6 is 0 Å². The van der Waals surface area contributed by atoms with Crippen LogP contribution < -0.4 is 4.90 Å². The highest BCUT2D eigenvalue weighted by Gasteiger charge is 2.61. The summed E-state index contributed by atoms with van der Waals surface area (Å²) in [5.74, 6) is 3.24. The van der Waals surface area contributed by atoms with Crippen molar-refractivity contribution in [2.45, 2.75) is 55.8 Å². The Labute approximate surface area is 388 Å². The molecule has 9 aromatic carbocycles. The molecule has 1 heteroatoms. The highest BCUT2D eigenvalue weighted by atomic mass is 15.1. The second-order valence-electron chi connectivity index (χ2n) is 21.0. The van der Waals surface area contributed by atoms with E-state index in [0.29, 0.717) is 11.8 Å². The van der Waals surface area contributed by atoms with Gasteiger partial charge < -0.3 is 4.90 Å². The molecule has 7 aliphatic carbocycles. The van der Waals surface area contributed by atoms with Crippen LogP contribution in [0.5, 0.6) is 0 Å². The van der Waals surface area contributed by atoms with E-state index in [1.807, 2.05) is 0 Å². The molecular formula is C65H51N. The minimum atomic E-state index is -0.148. The summed E-state index contributed by atoms with van der Waals surface area (Å²) in [6.45, 7) is 0. The smallest absolute Gasteiger partial charge is 0.0465 e. The molecule has 9 aromatic rings. The third-order valence-electron chi connectivity index (χ3n) is 17.8. The molecule has 4 saturated carbocycles. The summed E-state index contributed by atoms with van der Waals surface area (Å²) in [6.07, 6.45) is 9.01. The molecule has 0 N–H and O–H groups in total. The lowest BCUT2D eigenvalue weighted by Gasteiger charge is -2.61. The van der Waals surface area contributed by atoms with E-state index in [0.717, 1.165) is 24.7 Å². The lowest BCUT2D eigenvalue weighted by atomic mass is 9.43. The van der Waals surface area contributed by atoms with Crippen molar-refractivity contribution in [1.82, 2.24) is 0 Å². The molecule has 2 spiro atoms. The summed E-state index contributed by atoms with van der Waals surface area (Å²) in [4.78, 5) is 2.60. The zero-order valence-corrected chi connectivity index (χ0v) is 37.3. The Morgan fingerprint density at radius 2 is 0.833 bits per heavy atom. The molecule has 7 aliphatic rings. The minimum absolute atomic E-state index is 0.0939. The van der Waals surface area contributed by atoms with E-state index in [-0.39, 0.29) is 10.8 Å². The van der Waals surface area contributed by atoms with Crippen LogP contribution in [0.2, 0.25) is 0 Å². The zero-order chi connectivity index (χ0) is 43.1. The van der Waals surface area contributed by atoms with Crippen molar-refractivity contribution in [3.05, 3.63) is 234 Å². The van der Waals surface area contributed by atoms with Gasteiger partial charge in [-0.2, -0.15) is 0 Å². The molecule has 0 unspecified atom stereocenters. The Bertz CT molecular complexity index is 3390. The third kappa shape index (κ3) is 5.18. The maximum atomic E-state index is 2.67. The Morgan fingerprint density at radius 1 is 0.333 bits per heavy atom. The van der Waals surface area contributed by atoms with E-state index in [1.165, 1.54) is 127 Å². The lowest BCUT2D eigenvalue weighted by Crippen LogP contribution is -2.55. The highest BCUT2D eigenvalue weighted by Crippen LogP contribution is 2.70. The molecule has 0 atom stereocenters. The normalized spacial score (nSPS) is 22.9. The topological polar surface area (TPSA) is 3.24 Å². The van der Waals surface area contributed by atoms with Crippen molar-refractivity contribution < 1.29 is 0 Å². The van der Waals surface area contributed by atoms with Gasteiger partial charge in [0, 0.05) is 27.9 Å². The molecule has 0 aliphatic heterocycles. The summed E-state index contributed by atoms with van der Waals surface area (Å²) in [6, 6.07) is 77.1. The van der Waals surface area contributed by atoms with Gasteiger partial charge in [-0.1, -0.05) is 152 Å². The minimum Gasteiger partial charge on any atom is -0.310 e. The molecule has 0 radical (unpaired) electrons. The molecule has 0 amide bonds. The molecule has 316 valence electrons. The summed E-state index contributed by atoms with van der Waals surface area (Å²) < 4.78 is 0. The van der Waals surface area contributed by atoms with Crippen LogP contribution in [-0.4, -0.2) is 0 Å². The van der Waals surface area contributed by atoms with Gasteiger partial charge in [-0.05, 0) is 206 Å². The SMILES string of the molecule is c1ccc(-c2ccc3c(c2)C2(Cc4ccccc4C2)c2cc(N(c4ccc(-c5ccc6ccccc6c5)cc4)c4ccc5c(c4)C4(c6ccccc6-5)C5CC6CC(C5)CC4C6)ccc2-3)cc1. The van der Waals surface area contributed by atoms with E-state index in [9.17, 15) is 0 Å². The van der Waals surface area contributed by atoms with Gasteiger partial charge >= 0.3 is 0 Å². The van der Waals surface area contributed by atoms with Gasteiger partial charge in [-0.25, -0.2) is 0 Å². The Morgan fingerprint density at radius 3 is 1.56 bits per heavy atom. The van der Waals surface area contributed by atoms with Gasteiger partial charge in [0.2, 0.25) is 0 Å². The molecule has 66 heavy (non-hydrogen) atoms. The van der Waals surface area contributed by atoms with Crippen LogP contribution in [0.3, 0.4) is 0 Å². The van der Waals surface area contributed by atoms with Crippen molar-refractivity contribution in [2.24, 2.45) is 23.7 Å². The molecule has 16 rings (SSSR count). The van der Waals surface area contributed by atoms with E-state index in [2.05, 4.69) is 205 Å². The van der Waals surface area contributed by atoms with Gasteiger partial charge in [0.05, 0.1) is 0 Å². The van der Waals surface area contributed by atoms with Gasteiger partial charge in [0.1, 0.15) is 0 Å². The van der Waals surface area contributed by atoms with Crippen molar-refractivity contribution in [1.29, 1.82) is 0 Å². The van der Waals surface area contributed by atoms with Crippen LogP contribution in [0, 0.1) is 23.7 Å². The van der Waals surface area contributed by atoms with Gasteiger partial charge in [0.25, 0.3) is 0 Å². The van der Waals surface area contributed by atoms with Crippen molar-refractivity contribution >= 4 is 27.8 Å². The summed E-state index contributed by atoms with van der Waals surface area (Å²) in [5.41, 5.74) is 23.5. The lowest BCUT2D eigenvalue weighted by molar-refractivity contribution is -0.0399. The maximum Gasteiger partial charge on any atom is 0.0465 e. The first-order valence-electron chi connectivity index (χ1n) is 24.7. The largest absolute Gasteiger partial charge is 0.310 e. The van der Waals surface area contributed by atoms with Crippen molar-refractivity contribution in [2.75, 3.05) is 4.90 Å². The predicted molar refractivity (Wildman–Crippen MR) is 273 cm³/mol. The van der Waals surface area contributed by atoms with Crippen LogP contribution in [0.15, 0.2) is 200 Å². The van der Waals surface area contributed by atoms with Crippen molar-refractivity contribution in [3.63, 3.8) is 0 Å². The molecule has 0 aromatic heterocycles. The number of hydrogen-bond donors (Lipinski definition) is 0. The Kier molecular flexibility index (Phi) is 7.79. The number of benzene rings is 9. The zero-order valence-electron chi connectivity index (χ0n) is 37.3. The fourth-order valence-corrected chi connectivity index (χ4v) is 15.3. The van der Waals surface area contributed by atoms with E-state index >= 15 is 0 Å². The number of nitrogens with zero attached hydrogens (tertiary/aromatic N) is 1. The first-order valence-corrected chi connectivity index (χ1v) is 24.7. The standard InChI is InChI=1S/C65H51N/c1-2-10-43(11-3-1)48-22-27-57-58-28-25-54(37-62(58)64(61(57)36-48)39-49-14-6-7-15-50(49)40-64)66(53-23-20-45(21-24-53)47-19-18-44-12-4-5-13-46(44)35-47)55-26-29-59-56-16-8-9-17-60(56)65(63(59)38-55)51-31-41-30-42(33-51)34-52(65)32-41/h1-29,35-38,41-42,51-52H,30-34,39-40H2. The van der Waals surface area contributed by atoms with E-state index in [1.54, 1.807) is 11.1 Å². The molecule has 0 heterocycles. The van der Waals surface area contributed by atoms with Crippen LogP contribution in [0.1, 0.15) is 65.5 Å². The maximum absolute atomic E-state index is 2.67. The molecule has 0 saturated heterocycles. The number of anilines is 3. The first-order chi connectivity index (χ1) is 32.6. The fourth-order valence-electron chi connectivity index (χ4n) is 15.3. The summed E-state index contributed by atoms with van der Waals surface area (Å²) >= 11 is 0. The van der Waals surface area contributed by atoms with Crippen LogP contribution in [0.4, 0.5) is 17.1 Å². The Balaban J connectivity index is 0.918. The molecule has 4 fully saturated rings. The average molecular weight is 846 g/mol. The number of hydrogen-bond acceptors (Lipinski definition) is 1. The van der Waals surface area contributed by atoms with Crippen LogP contribution in [0.25, 0.3) is 55.3 Å².